The summed E-state index contributed by atoms with van der Waals surface area (Å²) >= 11 is 5.91. The Morgan fingerprint density at radius 3 is 2.40 bits per heavy atom. The van der Waals surface area contributed by atoms with Crippen LogP contribution in [0, 0.1) is 0 Å². The van der Waals surface area contributed by atoms with Crippen LogP contribution in [0.1, 0.15) is 27.2 Å². The number of nitrogens with zero attached hydrogens (tertiary/aromatic N) is 1. The first-order chi connectivity index (χ1) is 11.9. The lowest BCUT2D eigenvalue weighted by atomic mass is 10.00. The fourth-order valence-electron chi connectivity index (χ4n) is 2.99. The normalized spacial score (nSPS) is 11.0. The van der Waals surface area contributed by atoms with Crippen molar-refractivity contribution in [2.75, 3.05) is 0 Å². The van der Waals surface area contributed by atoms with Gasteiger partial charge in [0.1, 0.15) is 5.56 Å². The molecule has 0 fully saturated rings. The Morgan fingerprint density at radius 1 is 1.16 bits per heavy atom. The molecule has 2 aromatic carbocycles. The molecule has 0 spiro atoms. The highest BCUT2D eigenvalue weighted by atomic mass is 35.5. The van der Waals surface area contributed by atoms with Gasteiger partial charge >= 0.3 is 0 Å². The number of benzene rings is 2. The standard InChI is InChI=1S/C19H17ClN2O3/c1-22-15-7-4-12(10-23)8-14(15)18(24)17(19(21)25)16(22)9-11-2-5-13(20)6-3-11/h2-8,23H,9-10H2,1H3,(H2,21,25). The average Bonchev–Trinajstić information content (AvgIpc) is 2.60. The predicted molar refractivity (Wildman–Crippen MR) is 97.9 cm³/mol. The van der Waals surface area contributed by atoms with Crippen molar-refractivity contribution in [2.24, 2.45) is 12.8 Å². The molecule has 1 heterocycles. The zero-order valence-corrected chi connectivity index (χ0v) is 14.4. The van der Waals surface area contributed by atoms with Crippen molar-refractivity contribution in [1.82, 2.24) is 4.57 Å². The van der Waals surface area contributed by atoms with Crippen molar-refractivity contribution >= 4 is 28.4 Å². The molecule has 0 saturated heterocycles. The molecule has 1 amide bonds. The topological polar surface area (TPSA) is 85.3 Å². The van der Waals surface area contributed by atoms with Gasteiger partial charge in [-0.1, -0.05) is 29.8 Å². The van der Waals surface area contributed by atoms with Crippen LogP contribution in [0.5, 0.6) is 0 Å². The number of carbonyl (C=O) groups is 1. The summed E-state index contributed by atoms with van der Waals surface area (Å²) in [4.78, 5) is 24.8. The maximum Gasteiger partial charge on any atom is 0.254 e. The number of hydrogen-bond donors (Lipinski definition) is 2. The fraction of sp³-hybridized carbons (Fsp3) is 0.158. The molecule has 128 valence electrons. The number of aliphatic hydroxyl groups excluding tert-OH is 1. The first-order valence-corrected chi connectivity index (χ1v) is 8.09. The van der Waals surface area contributed by atoms with E-state index in [0.29, 0.717) is 33.6 Å². The highest BCUT2D eigenvalue weighted by Gasteiger charge is 2.19. The molecule has 0 saturated carbocycles. The number of primary amides is 1. The van der Waals surface area contributed by atoms with E-state index >= 15 is 0 Å². The van der Waals surface area contributed by atoms with Gasteiger partial charge in [-0.25, -0.2) is 0 Å². The first kappa shape index (κ1) is 17.2. The molecule has 0 radical (unpaired) electrons. The highest BCUT2D eigenvalue weighted by molar-refractivity contribution is 6.30. The van der Waals surface area contributed by atoms with Gasteiger partial charge in [-0.15, -0.1) is 0 Å². The number of amides is 1. The maximum absolute atomic E-state index is 12.8. The Bertz CT molecular complexity index is 1020. The van der Waals surface area contributed by atoms with E-state index in [1.807, 2.05) is 12.1 Å². The average molecular weight is 357 g/mol. The molecular weight excluding hydrogens is 340 g/mol. The van der Waals surface area contributed by atoms with Crippen LogP contribution < -0.4 is 11.2 Å². The lowest BCUT2D eigenvalue weighted by Gasteiger charge is -2.16. The lowest BCUT2D eigenvalue weighted by molar-refractivity contribution is 0.0998. The van der Waals surface area contributed by atoms with E-state index in [-0.39, 0.29) is 12.2 Å². The smallest absolute Gasteiger partial charge is 0.254 e. The number of nitrogens with two attached hydrogens (primary N) is 1. The lowest BCUT2D eigenvalue weighted by Crippen LogP contribution is -2.28. The van der Waals surface area contributed by atoms with Crippen LogP contribution >= 0.6 is 11.6 Å². The molecule has 1 aromatic heterocycles. The van der Waals surface area contributed by atoms with E-state index < -0.39 is 11.3 Å². The van der Waals surface area contributed by atoms with Crippen LogP contribution in [-0.2, 0) is 20.1 Å². The van der Waals surface area contributed by atoms with Crippen molar-refractivity contribution in [3.63, 3.8) is 0 Å². The second kappa shape index (κ2) is 6.70. The van der Waals surface area contributed by atoms with E-state index in [4.69, 9.17) is 17.3 Å². The molecule has 5 nitrogen and oxygen atoms in total. The number of pyridine rings is 1. The Hall–Kier alpha value is -2.63. The van der Waals surface area contributed by atoms with Gasteiger partial charge in [0.15, 0.2) is 0 Å². The van der Waals surface area contributed by atoms with Crippen LogP contribution in [0.2, 0.25) is 5.02 Å². The van der Waals surface area contributed by atoms with E-state index in [9.17, 15) is 14.7 Å². The van der Waals surface area contributed by atoms with E-state index in [1.165, 1.54) is 0 Å². The van der Waals surface area contributed by atoms with Gasteiger partial charge < -0.3 is 15.4 Å². The number of halogens is 1. The SMILES string of the molecule is Cn1c(Cc2ccc(Cl)cc2)c(C(N)=O)c(=O)c2cc(CO)ccc21. The maximum atomic E-state index is 12.8. The second-order valence-electron chi connectivity index (χ2n) is 5.89. The van der Waals surface area contributed by atoms with E-state index in [0.717, 1.165) is 5.56 Å². The van der Waals surface area contributed by atoms with Crippen molar-refractivity contribution < 1.29 is 9.90 Å². The van der Waals surface area contributed by atoms with Gasteiger partial charge in [-0.3, -0.25) is 9.59 Å². The molecule has 3 N–H and O–H groups in total. The third-order valence-electron chi connectivity index (χ3n) is 4.30. The number of aromatic nitrogens is 1. The summed E-state index contributed by atoms with van der Waals surface area (Å²) in [5.41, 5.74) is 7.79. The highest BCUT2D eigenvalue weighted by Crippen LogP contribution is 2.20. The molecule has 0 aliphatic heterocycles. The quantitative estimate of drug-likeness (QED) is 0.752. The minimum absolute atomic E-state index is 0.0277. The summed E-state index contributed by atoms with van der Waals surface area (Å²) in [6, 6.07) is 12.3. The third kappa shape index (κ3) is 3.16. The van der Waals surface area contributed by atoms with Gasteiger partial charge in [-0.2, -0.15) is 0 Å². The monoisotopic (exact) mass is 356 g/mol. The molecule has 3 aromatic rings. The fourth-order valence-corrected chi connectivity index (χ4v) is 3.12. The molecule has 0 atom stereocenters. The molecule has 0 bridgehead atoms. The molecule has 0 aliphatic carbocycles. The number of carbonyl (C=O) groups excluding carboxylic acids is 1. The molecule has 0 aliphatic rings. The third-order valence-corrected chi connectivity index (χ3v) is 4.55. The summed E-state index contributed by atoms with van der Waals surface area (Å²) in [6.45, 7) is -0.183. The summed E-state index contributed by atoms with van der Waals surface area (Å²) in [5, 5.41) is 10.3. The minimum atomic E-state index is -0.763. The van der Waals surface area contributed by atoms with Gasteiger partial charge in [-0.05, 0) is 35.4 Å². The number of rotatable bonds is 4. The Labute approximate surface area is 149 Å². The van der Waals surface area contributed by atoms with Crippen LogP contribution in [0.15, 0.2) is 47.3 Å². The van der Waals surface area contributed by atoms with Crippen LogP contribution in [0.25, 0.3) is 10.9 Å². The zero-order chi connectivity index (χ0) is 18.1. The Balaban J connectivity index is 2.28. The molecule has 0 unspecified atom stereocenters. The van der Waals surface area contributed by atoms with Crippen molar-refractivity contribution in [3.05, 3.63) is 80.1 Å². The predicted octanol–water partition coefficient (Wildman–Crippen LogP) is 2.37. The van der Waals surface area contributed by atoms with E-state index in [1.54, 1.807) is 41.9 Å². The van der Waals surface area contributed by atoms with Gasteiger partial charge in [0.2, 0.25) is 5.43 Å². The molecule has 6 heteroatoms. The molecule has 3 rings (SSSR count). The van der Waals surface area contributed by atoms with Crippen molar-refractivity contribution in [1.29, 1.82) is 0 Å². The zero-order valence-electron chi connectivity index (χ0n) is 13.6. The van der Waals surface area contributed by atoms with Crippen LogP contribution in [0.4, 0.5) is 0 Å². The Kier molecular flexibility index (Phi) is 4.61. The summed E-state index contributed by atoms with van der Waals surface area (Å²) in [5.74, 6) is -0.763. The molecular formula is C19H17ClN2O3. The summed E-state index contributed by atoms with van der Waals surface area (Å²) in [6.07, 6.45) is 0.374. The van der Waals surface area contributed by atoms with Crippen LogP contribution in [0.3, 0.4) is 0 Å². The first-order valence-electron chi connectivity index (χ1n) is 7.72. The Morgan fingerprint density at radius 2 is 1.80 bits per heavy atom. The largest absolute Gasteiger partial charge is 0.392 e. The van der Waals surface area contributed by atoms with Gasteiger partial charge in [0, 0.05) is 29.6 Å². The van der Waals surface area contributed by atoms with Gasteiger partial charge in [0.25, 0.3) is 5.91 Å². The van der Waals surface area contributed by atoms with Crippen LogP contribution in [-0.4, -0.2) is 15.6 Å². The number of aryl methyl sites for hydroxylation is 1. The van der Waals surface area contributed by atoms with Gasteiger partial charge in [0.05, 0.1) is 12.1 Å². The minimum Gasteiger partial charge on any atom is -0.392 e. The number of aliphatic hydroxyl groups is 1. The number of fused-ring (bicyclic) bond motifs is 1. The second-order valence-corrected chi connectivity index (χ2v) is 6.32. The summed E-state index contributed by atoms with van der Waals surface area (Å²) < 4.78 is 1.80. The van der Waals surface area contributed by atoms with Crippen molar-refractivity contribution in [2.45, 2.75) is 13.0 Å². The molecule has 25 heavy (non-hydrogen) atoms. The number of hydrogen-bond acceptors (Lipinski definition) is 3. The van der Waals surface area contributed by atoms with Crippen molar-refractivity contribution in [3.8, 4) is 0 Å². The van der Waals surface area contributed by atoms with E-state index in [2.05, 4.69) is 0 Å². The summed E-state index contributed by atoms with van der Waals surface area (Å²) in [7, 11) is 1.79.